The molecule has 1 heterocycles. The summed E-state index contributed by atoms with van der Waals surface area (Å²) in [6.07, 6.45) is 0.599. The first-order valence-electron chi connectivity index (χ1n) is 6.69. The van der Waals surface area contributed by atoms with Crippen molar-refractivity contribution in [2.24, 2.45) is 13.0 Å². The minimum Gasteiger partial charge on any atom is -0.481 e. The maximum Gasteiger partial charge on any atom is 0.305 e. The summed E-state index contributed by atoms with van der Waals surface area (Å²) in [4.78, 5) is 24.2. The van der Waals surface area contributed by atoms with Crippen molar-refractivity contribution in [1.82, 2.24) is 14.7 Å². The van der Waals surface area contributed by atoms with Crippen molar-refractivity contribution in [3.05, 3.63) is 17.0 Å². The normalized spacial score (nSPS) is 12.2. The number of carbonyl (C=O) groups is 2. The van der Waals surface area contributed by atoms with Crippen molar-refractivity contribution < 1.29 is 14.7 Å². The third-order valence-electron chi connectivity index (χ3n) is 3.63. The molecule has 0 spiro atoms. The third-order valence-corrected chi connectivity index (χ3v) is 3.63. The maximum atomic E-state index is 12.2. The number of amides is 1. The van der Waals surface area contributed by atoms with Crippen LogP contribution in [0.4, 0.5) is 0 Å². The molecule has 1 amide bonds. The van der Waals surface area contributed by atoms with Crippen LogP contribution in [-0.2, 0) is 23.1 Å². The molecule has 1 aromatic rings. The first-order valence-corrected chi connectivity index (χ1v) is 6.69. The van der Waals surface area contributed by atoms with Gasteiger partial charge in [-0.3, -0.25) is 14.3 Å². The summed E-state index contributed by atoms with van der Waals surface area (Å²) in [5.41, 5.74) is 3.10. The van der Waals surface area contributed by atoms with Crippen LogP contribution in [0.15, 0.2) is 0 Å². The van der Waals surface area contributed by atoms with Gasteiger partial charge in [0, 0.05) is 32.3 Å². The van der Waals surface area contributed by atoms with Crippen molar-refractivity contribution in [3.63, 3.8) is 0 Å². The molecule has 0 aliphatic rings. The Balaban J connectivity index is 2.68. The number of aliphatic carboxylic acids is 1. The van der Waals surface area contributed by atoms with Crippen molar-refractivity contribution in [2.75, 3.05) is 13.6 Å². The molecule has 1 N–H and O–H groups in total. The van der Waals surface area contributed by atoms with Gasteiger partial charge in [-0.1, -0.05) is 6.92 Å². The third kappa shape index (κ3) is 3.82. The van der Waals surface area contributed by atoms with E-state index in [4.69, 9.17) is 5.11 Å². The smallest absolute Gasteiger partial charge is 0.305 e. The second-order valence-corrected chi connectivity index (χ2v) is 5.28. The maximum absolute atomic E-state index is 12.2. The van der Waals surface area contributed by atoms with E-state index in [1.807, 2.05) is 32.5 Å². The number of nitrogens with zero attached hydrogens (tertiary/aromatic N) is 3. The van der Waals surface area contributed by atoms with E-state index in [2.05, 4.69) is 5.10 Å². The predicted octanol–water partition coefficient (Wildman–Crippen LogP) is 1.15. The summed E-state index contributed by atoms with van der Waals surface area (Å²) in [7, 11) is 3.53. The predicted molar refractivity (Wildman–Crippen MR) is 75.4 cm³/mol. The molecule has 0 saturated carbocycles. The van der Waals surface area contributed by atoms with Crippen LogP contribution in [0, 0.1) is 19.8 Å². The first kappa shape index (κ1) is 16.2. The largest absolute Gasteiger partial charge is 0.481 e. The Morgan fingerprint density at radius 2 is 2.00 bits per heavy atom. The molecule has 6 nitrogen and oxygen atoms in total. The van der Waals surface area contributed by atoms with Crippen LogP contribution in [0.5, 0.6) is 0 Å². The molecule has 1 aromatic heterocycles. The fourth-order valence-electron chi connectivity index (χ4n) is 2.26. The van der Waals surface area contributed by atoms with E-state index in [0.717, 1.165) is 17.0 Å². The molecule has 1 atom stereocenters. The zero-order valence-electron chi connectivity index (χ0n) is 12.8. The Labute approximate surface area is 119 Å². The van der Waals surface area contributed by atoms with Crippen LogP contribution in [0.1, 0.15) is 30.3 Å². The average Bonchev–Trinajstić information content (AvgIpc) is 2.61. The van der Waals surface area contributed by atoms with Gasteiger partial charge in [0.25, 0.3) is 0 Å². The highest BCUT2D eigenvalue weighted by Gasteiger charge is 2.21. The van der Waals surface area contributed by atoms with E-state index in [9.17, 15) is 9.59 Å². The van der Waals surface area contributed by atoms with Crippen molar-refractivity contribution in [2.45, 2.75) is 33.6 Å². The van der Waals surface area contributed by atoms with E-state index < -0.39 is 5.97 Å². The van der Waals surface area contributed by atoms with Gasteiger partial charge < -0.3 is 10.0 Å². The molecule has 0 aliphatic carbocycles. The van der Waals surface area contributed by atoms with Gasteiger partial charge in [0.15, 0.2) is 0 Å². The molecule has 0 radical (unpaired) electrons. The summed E-state index contributed by atoms with van der Waals surface area (Å²) >= 11 is 0. The summed E-state index contributed by atoms with van der Waals surface area (Å²) in [5.74, 6) is -1.11. The number of carboxylic acids is 1. The zero-order chi connectivity index (χ0) is 15.4. The van der Waals surface area contributed by atoms with Crippen molar-refractivity contribution in [3.8, 4) is 0 Å². The van der Waals surface area contributed by atoms with Crippen molar-refractivity contribution in [1.29, 1.82) is 0 Å². The van der Waals surface area contributed by atoms with Gasteiger partial charge in [0.1, 0.15) is 0 Å². The number of aryl methyl sites for hydroxylation is 2. The Hall–Kier alpha value is -1.85. The highest BCUT2D eigenvalue weighted by atomic mass is 16.4. The highest BCUT2D eigenvalue weighted by Crippen LogP contribution is 2.18. The van der Waals surface area contributed by atoms with Crippen LogP contribution in [0.2, 0.25) is 0 Å². The van der Waals surface area contributed by atoms with E-state index in [-0.39, 0.29) is 24.8 Å². The number of hydrogen-bond donors (Lipinski definition) is 1. The Bertz CT molecular complexity index is 508. The molecule has 0 bridgehead atoms. The second-order valence-electron chi connectivity index (χ2n) is 5.28. The fraction of sp³-hybridized carbons (Fsp3) is 0.643. The molecule has 1 rings (SSSR count). The number of rotatable bonds is 6. The van der Waals surface area contributed by atoms with Crippen LogP contribution >= 0.6 is 0 Å². The standard InChI is InChI=1S/C14H23N3O3/c1-9(14(20)16(4)7-6-13(18)19)8-12-10(2)15-17(5)11(12)3/h9H,6-8H2,1-5H3,(H,18,19)/t9-/m0/s1. The number of aromatic nitrogens is 2. The van der Waals surface area contributed by atoms with E-state index in [1.54, 1.807) is 7.05 Å². The van der Waals surface area contributed by atoms with Crippen LogP contribution in [0.3, 0.4) is 0 Å². The van der Waals surface area contributed by atoms with Gasteiger partial charge >= 0.3 is 5.97 Å². The summed E-state index contributed by atoms with van der Waals surface area (Å²) in [6, 6.07) is 0. The molecule has 20 heavy (non-hydrogen) atoms. The van der Waals surface area contributed by atoms with Gasteiger partial charge in [-0.15, -0.1) is 0 Å². The van der Waals surface area contributed by atoms with E-state index in [0.29, 0.717) is 6.42 Å². The minimum atomic E-state index is -0.892. The first-order chi connectivity index (χ1) is 9.23. The Morgan fingerprint density at radius 1 is 1.40 bits per heavy atom. The monoisotopic (exact) mass is 281 g/mol. The van der Waals surface area contributed by atoms with Crippen LogP contribution in [-0.4, -0.2) is 45.3 Å². The molecule has 0 fully saturated rings. The van der Waals surface area contributed by atoms with E-state index >= 15 is 0 Å². The van der Waals surface area contributed by atoms with Gasteiger partial charge in [-0.2, -0.15) is 5.10 Å². The fourth-order valence-corrected chi connectivity index (χ4v) is 2.26. The molecular formula is C14H23N3O3. The quantitative estimate of drug-likeness (QED) is 0.848. The second kappa shape index (κ2) is 6.54. The highest BCUT2D eigenvalue weighted by molar-refractivity contribution is 5.79. The van der Waals surface area contributed by atoms with Crippen LogP contribution < -0.4 is 0 Å². The number of carbonyl (C=O) groups excluding carboxylic acids is 1. The lowest BCUT2D eigenvalue weighted by Crippen LogP contribution is -2.34. The lowest BCUT2D eigenvalue weighted by Gasteiger charge is -2.20. The summed E-state index contributed by atoms with van der Waals surface area (Å²) < 4.78 is 1.82. The van der Waals surface area contributed by atoms with Gasteiger partial charge in [0.05, 0.1) is 12.1 Å². The molecule has 6 heteroatoms. The Kier molecular flexibility index (Phi) is 5.30. The number of carboxylic acid groups (broad SMARTS) is 1. The summed E-state index contributed by atoms with van der Waals surface area (Å²) in [6.45, 7) is 6.03. The molecule has 0 unspecified atom stereocenters. The average molecular weight is 281 g/mol. The molecule has 0 aromatic carbocycles. The van der Waals surface area contributed by atoms with Gasteiger partial charge in [0.2, 0.25) is 5.91 Å². The van der Waals surface area contributed by atoms with E-state index in [1.165, 1.54) is 4.90 Å². The van der Waals surface area contributed by atoms with Gasteiger partial charge in [-0.25, -0.2) is 0 Å². The molecular weight excluding hydrogens is 258 g/mol. The number of hydrogen-bond acceptors (Lipinski definition) is 3. The topological polar surface area (TPSA) is 75.4 Å². The summed E-state index contributed by atoms with van der Waals surface area (Å²) in [5, 5.41) is 13.0. The van der Waals surface area contributed by atoms with Crippen molar-refractivity contribution >= 4 is 11.9 Å². The SMILES string of the molecule is Cc1nn(C)c(C)c1C[C@H](C)C(=O)N(C)CCC(=O)O. The van der Waals surface area contributed by atoms with Crippen LogP contribution in [0.25, 0.3) is 0 Å². The molecule has 112 valence electrons. The molecule has 0 aliphatic heterocycles. The Morgan fingerprint density at radius 3 is 2.45 bits per heavy atom. The molecule has 0 saturated heterocycles. The lowest BCUT2D eigenvalue weighted by molar-refractivity contribution is -0.138. The lowest BCUT2D eigenvalue weighted by atomic mass is 9.98. The zero-order valence-corrected chi connectivity index (χ0v) is 12.8. The van der Waals surface area contributed by atoms with Gasteiger partial charge in [-0.05, 0) is 25.8 Å². The minimum absolute atomic E-state index is 0.0279.